The molecule has 2 aromatic rings. The molecule has 1 aromatic carbocycles. The lowest BCUT2D eigenvalue weighted by molar-refractivity contribution is 0.557. The molecule has 1 aromatic heterocycles. The number of aromatic nitrogens is 1. The molecule has 1 heterocycles. The molecule has 2 rings (SSSR count). The van der Waals surface area contributed by atoms with Crippen LogP contribution in [0.4, 0.5) is 4.39 Å². The van der Waals surface area contributed by atoms with Crippen molar-refractivity contribution in [2.75, 3.05) is 0 Å². The maximum atomic E-state index is 13.8. The van der Waals surface area contributed by atoms with E-state index in [1.54, 1.807) is 30.6 Å². The van der Waals surface area contributed by atoms with Crippen LogP contribution < -0.4 is 11.3 Å². The predicted octanol–water partition coefficient (Wildman–Crippen LogP) is 2.54. The van der Waals surface area contributed by atoms with Gasteiger partial charge in [0.15, 0.2) is 0 Å². The van der Waals surface area contributed by atoms with Crippen molar-refractivity contribution in [2.45, 2.75) is 6.04 Å². The lowest BCUT2D eigenvalue weighted by atomic mass is 10.0. The SMILES string of the molecule is NNC(c1cccnc1)c1c(F)cccc1Br. The van der Waals surface area contributed by atoms with Gasteiger partial charge in [0.25, 0.3) is 0 Å². The van der Waals surface area contributed by atoms with E-state index in [2.05, 4.69) is 26.3 Å². The molecule has 0 aliphatic heterocycles. The van der Waals surface area contributed by atoms with Gasteiger partial charge in [-0.05, 0) is 23.8 Å². The van der Waals surface area contributed by atoms with Crippen LogP contribution in [0.15, 0.2) is 47.2 Å². The van der Waals surface area contributed by atoms with Crippen LogP contribution in [0.5, 0.6) is 0 Å². The lowest BCUT2D eigenvalue weighted by Crippen LogP contribution is -2.29. The van der Waals surface area contributed by atoms with Crippen molar-refractivity contribution in [1.82, 2.24) is 10.4 Å². The summed E-state index contributed by atoms with van der Waals surface area (Å²) in [5.74, 6) is 5.20. The highest BCUT2D eigenvalue weighted by atomic mass is 79.9. The summed E-state index contributed by atoms with van der Waals surface area (Å²) in [4.78, 5) is 4.01. The molecule has 0 saturated heterocycles. The van der Waals surface area contributed by atoms with E-state index in [1.807, 2.05) is 6.07 Å². The summed E-state index contributed by atoms with van der Waals surface area (Å²) in [5.41, 5.74) is 3.89. The number of nitrogens with two attached hydrogens (primary N) is 1. The number of nitrogens with zero attached hydrogens (tertiary/aromatic N) is 1. The Kier molecular flexibility index (Phi) is 3.83. The standard InChI is InChI=1S/C12H11BrFN3/c13-9-4-1-5-10(14)11(9)12(17-15)8-3-2-6-16-7-8/h1-7,12,17H,15H2. The van der Waals surface area contributed by atoms with Gasteiger partial charge in [0, 0.05) is 22.4 Å². The Morgan fingerprint density at radius 2 is 2.12 bits per heavy atom. The summed E-state index contributed by atoms with van der Waals surface area (Å²) in [6, 6.07) is 8.02. The second kappa shape index (κ2) is 5.35. The van der Waals surface area contributed by atoms with E-state index in [1.165, 1.54) is 6.07 Å². The first kappa shape index (κ1) is 12.2. The molecule has 0 bridgehead atoms. The summed E-state index contributed by atoms with van der Waals surface area (Å²) in [6.45, 7) is 0. The second-order valence-electron chi connectivity index (χ2n) is 3.52. The number of halogens is 2. The van der Waals surface area contributed by atoms with Crippen LogP contribution >= 0.6 is 15.9 Å². The van der Waals surface area contributed by atoms with Crippen molar-refractivity contribution in [3.63, 3.8) is 0 Å². The summed E-state index contributed by atoms with van der Waals surface area (Å²) in [5, 5.41) is 0. The molecular formula is C12H11BrFN3. The summed E-state index contributed by atoms with van der Waals surface area (Å²) in [7, 11) is 0. The molecule has 0 radical (unpaired) electrons. The summed E-state index contributed by atoms with van der Waals surface area (Å²) < 4.78 is 14.5. The van der Waals surface area contributed by atoms with Gasteiger partial charge in [0.1, 0.15) is 5.82 Å². The van der Waals surface area contributed by atoms with Crippen LogP contribution in [-0.4, -0.2) is 4.98 Å². The topological polar surface area (TPSA) is 50.9 Å². The number of nitrogens with one attached hydrogen (secondary N) is 1. The number of rotatable bonds is 3. The molecule has 17 heavy (non-hydrogen) atoms. The van der Waals surface area contributed by atoms with E-state index in [9.17, 15) is 4.39 Å². The van der Waals surface area contributed by atoms with Gasteiger partial charge >= 0.3 is 0 Å². The van der Waals surface area contributed by atoms with Gasteiger partial charge in [-0.1, -0.05) is 28.1 Å². The summed E-state index contributed by atoms with van der Waals surface area (Å²) >= 11 is 3.33. The van der Waals surface area contributed by atoms with Crippen LogP contribution in [-0.2, 0) is 0 Å². The van der Waals surface area contributed by atoms with Crippen LogP contribution in [0.1, 0.15) is 17.2 Å². The van der Waals surface area contributed by atoms with Crippen molar-refractivity contribution in [3.05, 3.63) is 64.1 Å². The van der Waals surface area contributed by atoms with Crippen molar-refractivity contribution >= 4 is 15.9 Å². The first-order valence-electron chi connectivity index (χ1n) is 5.04. The fourth-order valence-corrected chi connectivity index (χ4v) is 2.25. The molecule has 3 N–H and O–H groups in total. The normalized spacial score (nSPS) is 12.4. The molecule has 0 aliphatic rings. The molecule has 3 nitrogen and oxygen atoms in total. The third-order valence-corrected chi connectivity index (χ3v) is 3.16. The zero-order chi connectivity index (χ0) is 12.3. The zero-order valence-electron chi connectivity index (χ0n) is 8.90. The third-order valence-electron chi connectivity index (χ3n) is 2.47. The average molecular weight is 296 g/mol. The molecular weight excluding hydrogens is 285 g/mol. The molecule has 1 unspecified atom stereocenters. The average Bonchev–Trinajstić information content (AvgIpc) is 2.35. The highest BCUT2D eigenvalue weighted by Gasteiger charge is 2.19. The van der Waals surface area contributed by atoms with Crippen molar-refractivity contribution in [2.24, 2.45) is 5.84 Å². The number of hydrazine groups is 1. The van der Waals surface area contributed by atoms with Gasteiger partial charge in [0.05, 0.1) is 6.04 Å². The predicted molar refractivity (Wildman–Crippen MR) is 67.5 cm³/mol. The Labute approximate surface area is 107 Å². The lowest BCUT2D eigenvalue weighted by Gasteiger charge is -2.18. The summed E-state index contributed by atoms with van der Waals surface area (Å²) in [6.07, 6.45) is 3.32. The Hall–Kier alpha value is -1.30. The maximum absolute atomic E-state index is 13.8. The molecule has 0 spiro atoms. The monoisotopic (exact) mass is 295 g/mol. The minimum Gasteiger partial charge on any atom is -0.271 e. The first-order valence-corrected chi connectivity index (χ1v) is 5.83. The first-order chi connectivity index (χ1) is 8.24. The van der Waals surface area contributed by atoms with Crippen molar-refractivity contribution in [1.29, 1.82) is 0 Å². The van der Waals surface area contributed by atoms with Crippen LogP contribution in [0.25, 0.3) is 0 Å². The van der Waals surface area contributed by atoms with Gasteiger partial charge in [-0.25, -0.2) is 9.82 Å². The fraction of sp³-hybridized carbons (Fsp3) is 0.0833. The van der Waals surface area contributed by atoms with Crippen LogP contribution in [0, 0.1) is 5.82 Å². The molecule has 0 saturated carbocycles. The smallest absolute Gasteiger partial charge is 0.129 e. The van der Waals surface area contributed by atoms with E-state index >= 15 is 0 Å². The van der Waals surface area contributed by atoms with E-state index in [-0.39, 0.29) is 5.82 Å². The largest absolute Gasteiger partial charge is 0.271 e. The quantitative estimate of drug-likeness (QED) is 0.676. The molecule has 1 atom stereocenters. The molecule has 0 amide bonds. The molecule has 5 heteroatoms. The highest BCUT2D eigenvalue weighted by Crippen LogP contribution is 2.29. The number of pyridine rings is 1. The molecule has 0 fully saturated rings. The Morgan fingerprint density at radius 1 is 1.29 bits per heavy atom. The van der Waals surface area contributed by atoms with Crippen molar-refractivity contribution < 1.29 is 4.39 Å². The van der Waals surface area contributed by atoms with E-state index < -0.39 is 6.04 Å². The van der Waals surface area contributed by atoms with Gasteiger partial charge in [0.2, 0.25) is 0 Å². The minimum atomic E-state index is -0.431. The number of hydrogen-bond donors (Lipinski definition) is 2. The Balaban J connectivity index is 2.50. The Morgan fingerprint density at radius 3 is 2.71 bits per heavy atom. The zero-order valence-corrected chi connectivity index (χ0v) is 10.5. The van der Waals surface area contributed by atoms with Crippen LogP contribution in [0.3, 0.4) is 0 Å². The highest BCUT2D eigenvalue weighted by molar-refractivity contribution is 9.10. The van der Waals surface area contributed by atoms with Crippen molar-refractivity contribution in [3.8, 4) is 0 Å². The van der Waals surface area contributed by atoms with Gasteiger partial charge in [-0.2, -0.15) is 0 Å². The minimum absolute atomic E-state index is 0.314. The second-order valence-corrected chi connectivity index (χ2v) is 4.38. The fourth-order valence-electron chi connectivity index (χ4n) is 1.68. The van der Waals surface area contributed by atoms with Gasteiger partial charge in [-0.15, -0.1) is 0 Å². The maximum Gasteiger partial charge on any atom is 0.129 e. The van der Waals surface area contributed by atoms with E-state index in [0.29, 0.717) is 10.0 Å². The number of hydrogen-bond acceptors (Lipinski definition) is 3. The third kappa shape index (κ3) is 2.52. The molecule has 88 valence electrons. The van der Waals surface area contributed by atoms with Gasteiger partial charge in [-0.3, -0.25) is 10.8 Å². The number of benzene rings is 1. The van der Waals surface area contributed by atoms with Gasteiger partial charge < -0.3 is 0 Å². The van der Waals surface area contributed by atoms with Crippen LogP contribution in [0.2, 0.25) is 0 Å². The van der Waals surface area contributed by atoms with E-state index in [0.717, 1.165) is 5.56 Å². The Bertz CT molecular complexity index is 484. The van der Waals surface area contributed by atoms with E-state index in [4.69, 9.17) is 5.84 Å². The molecule has 0 aliphatic carbocycles.